The zero-order valence-corrected chi connectivity index (χ0v) is 15.7. The minimum atomic E-state index is -0.149. The Labute approximate surface area is 156 Å². The highest BCUT2D eigenvalue weighted by Crippen LogP contribution is 2.27. The zero-order valence-electron chi connectivity index (χ0n) is 14.1. The third-order valence-corrected chi connectivity index (χ3v) is 5.11. The third-order valence-electron chi connectivity index (χ3n) is 4.58. The van der Waals surface area contributed by atoms with E-state index in [2.05, 4.69) is 26.6 Å². The quantitative estimate of drug-likeness (QED) is 0.789. The molecule has 0 aromatic heterocycles. The molecule has 1 aliphatic heterocycles. The van der Waals surface area contributed by atoms with Crippen LogP contribution in [0.2, 0.25) is 0 Å². The number of carbonyl (C=O) groups excluding carboxylic acids is 2. The van der Waals surface area contributed by atoms with Crippen LogP contribution in [0.3, 0.4) is 0 Å². The molecule has 0 unspecified atom stereocenters. The molecule has 0 saturated heterocycles. The summed E-state index contributed by atoms with van der Waals surface area (Å²) >= 11 is 3.41. The minimum absolute atomic E-state index is 0.00691. The van der Waals surface area contributed by atoms with Gasteiger partial charge >= 0.3 is 0 Å². The Hall–Kier alpha value is -2.14. The van der Waals surface area contributed by atoms with Gasteiger partial charge in [0.2, 0.25) is 11.8 Å². The van der Waals surface area contributed by atoms with Crippen molar-refractivity contribution < 1.29 is 9.59 Å². The Balaban J connectivity index is 1.52. The number of benzene rings is 2. The molecule has 130 valence electrons. The molecule has 4 nitrogen and oxygen atoms in total. The van der Waals surface area contributed by atoms with Crippen molar-refractivity contribution in [3.05, 3.63) is 64.1 Å². The first-order valence-electron chi connectivity index (χ1n) is 8.46. The number of fused-ring (bicyclic) bond motifs is 1. The molecule has 0 radical (unpaired) electrons. The fourth-order valence-electron chi connectivity index (χ4n) is 3.10. The van der Waals surface area contributed by atoms with Crippen LogP contribution in [-0.2, 0) is 16.0 Å². The van der Waals surface area contributed by atoms with Crippen molar-refractivity contribution in [1.82, 2.24) is 5.32 Å². The lowest BCUT2D eigenvalue weighted by Gasteiger charge is -2.24. The van der Waals surface area contributed by atoms with Crippen molar-refractivity contribution in [3.8, 4) is 0 Å². The zero-order chi connectivity index (χ0) is 17.8. The monoisotopic (exact) mass is 400 g/mol. The van der Waals surface area contributed by atoms with Crippen LogP contribution < -0.4 is 10.6 Å². The maximum atomic E-state index is 12.2. The van der Waals surface area contributed by atoms with Crippen molar-refractivity contribution in [2.75, 3.05) is 5.32 Å². The molecule has 0 fully saturated rings. The molecule has 0 bridgehead atoms. The van der Waals surface area contributed by atoms with Gasteiger partial charge in [0.05, 0.1) is 6.04 Å². The summed E-state index contributed by atoms with van der Waals surface area (Å²) in [4.78, 5) is 24.4. The van der Waals surface area contributed by atoms with Gasteiger partial charge in [-0.05, 0) is 49.1 Å². The molecule has 2 N–H and O–H groups in total. The number of hydrogen-bond donors (Lipinski definition) is 2. The minimum Gasteiger partial charge on any atom is -0.350 e. The van der Waals surface area contributed by atoms with Crippen LogP contribution in [0.15, 0.2) is 53.0 Å². The average Bonchev–Trinajstić information content (AvgIpc) is 2.60. The van der Waals surface area contributed by atoms with Crippen LogP contribution in [0.25, 0.3) is 0 Å². The lowest BCUT2D eigenvalue weighted by molar-refractivity contribution is -0.123. The second-order valence-corrected chi connectivity index (χ2v) is 7.34. The smallest absolute Gasteiger partial charge is 0.227 e. The number of hydrogen-bond acceptors (Lipinski definition) is 2. The van der Waals surface area contributed by atoms with Crippen LogP contribution in [0.4, 0.5) is 5.69 Å². The van der Waals surface area contributed by atoms with E-state index in [1.807, 2.05) is 55.5 Å². The van der Waals surface area contributed by atoms with Crippen molar-refractivity contribution in [2.24, 2.45) is 5.92 Å². The van der Waals surface area contributed by atoms with E-state index in [-0.39, 0.29) is 23.8 Å². The Morgan fingerprint density at radius 2 is 1.96 bits per heavy atom. The second kappa shape index (κ2) is 7.83. The van der Waals surface area contributed by atoms with E-state index in [1.165, 1.54) is 0 Å². The van der Waals surface area contributed by atoms with Gasteiger partial charge in [-0.3, -0.25) is 9.59 Å². The summed E-state index contributed by atoms with van der Waals surface area (Å²) in [5.41, 5.74) is 3.08. The molecule has 25 heavy (non-hydrogen) atoms. The molecular weight excluding hydrogens is 380 g/mol. The maximum Gasteiger partial charge on any atom is 0.227 e. The van der Waals surface area contributed by atoms with Crippen LogP contribution in [0.5, 0.6) is 0 Å². The first-order chi connectivity index (χ1) is 12.0. The Morgan fingerprint density at radius 3 is 2.72 bits per heavy atom. The summed E-state index contributed by atoms with van der Waals surface area (Å²) in [6, 6.07) is 15.7. The molecule has 1 aliphatic rings. The summed E-state index contributed by atoms with van der Waals surface area (Å²) in [5, 5.41) is 5.93. The molecule has 0 aliphatic carbocycles. The normalized spacial score (nSPS) is 17.4. The number of amides is 2. The Bertz CT molecular complexity index is 774. The van der Waals surface area contributed by atoms with Gasteiger partial charge in [0, 0.05) is 22.5 Å². The van der Waals surface area contributed by atoms with Gasteiger partial charge < -0.3 is 10.6 Å². The highest BCUT2D eigenvalue weighted by atomic mass is 79.9. The molecule has 2 amide bonds. The number of carbonyl (C=O) groups is 2. The van der Waals surface area contributed by atoms with Gasteiger partial charge in [-0.2, -0.15) is 0 Å². The predicted molar refractivity (Wildman–Crippen MR) is 102 cm³/mol. The fourth-order valence-corrected chi connectivity index (χ4v) is 3.36. The van der Waals surface area contributed by atoms with E-state index in [4.69, 9.17) is 0 Å². The largest absolute Gasteiger partial charge is 0.350 e. The number of nitrogens with one attached hydrogen (secondary N) is 2. The topological polar surface area (TPSA) is 58.2 Å². The van der Waals surface area contributed by atoms with E-state index in [0.29, 0.717) is 19.3 Å². The van der Waals surface area contributed by atoms with E-state index < -0.39 is 0 Å². The highest BCUT2D eigenvalue weighted by Gasteiger charge is 2.26. The van der Waals surface area contributed by atoms with E-state index in [0.717, 1.165) is 21.3 Å². The fraction of sp³-hybridized carbons (Fsp3) is 0.300. The van der Waals surface area contributed by atoms with Gasteiger partial charge in [-0.1, -0.05) is 46.3 Å². The van der Waals surface area contributed by atoms with Crippen molar-refractivity contribution in [1.29, 1.82) is 0 Å². The molecule has 5 heteroatoms. The molecule has 2 atom stereocenters. The molecule has 1 heterocycles. The SMILES string of the molecule is C[C@@H](NC(=O)CC[C@@H]1Cc2ccccc2NC1=O)c1ccc(Br)cc1. The van der Waals surface area contributed by atoms with E-state index >= 15 is 0 Å². The van der Waals surface area contributed by atoms with Gasteiger partial charge in [0.15, 0.2) is 0 Å². The summed E-state index contributed by atoms with van der Waals surface area (Å²) in [6.07, 6.45) is 1.59. The lowest BCUT2D eigenvalue weighted by atomic mass is 9.89. The van der Waals surface area contributed by atoms with E-state index in [1.54, 1.807) is 0 Å². The Morgan fingerprint density at radius 1 is 1.24 bits per heavy atom. The van der Waals surface area contributed by atoms with Gasteiger partial charge in [-0.15, -0.1) is 0 Å². The van der Waals surface area contributed by atoms with Gasteiger partial charge in [0.1, 0.15) is 0 Å². The summed E-state index contributed by atoms with van der Waals surface area (Å²) in [7, 11) is 0. The van der Waals surface area contributed by atoms with Gasteiger partial charge in [0.25, 0.3) is 0 Å². The van der Waals surface area contributed by atoms with Crippen molar-refractivity contribution in [3.63, 3.8) is 0 Å². The number of halogens is 1. The average molecular weight is 401 g/mol. The second-order valence-electron chi connectivity index (χ2n) is 6.43. The third kappa shape index (κ3) is 4.48. The number of anilines is 1. The van der Waals surface area contributed by atoms with Crippen molar-refractivity contribution >= 4 is 33.4 Å². The molecule has 3 rings (SSSR count). The van der Waals surface area contributed by atoms with E-state index in [9.17, 15) is 9.59 Å². The summed E-state index contributed by atoms with van der Waals surface area (Å²) in [5.74, 6) is -0.168. The number of rotatable bonds is 5. The molecule has 0 saturated carbocycles. The first kappa shape index (κ1) is 17.7. The molecular formula is C20H21BrN2O2. The molecule has 0 spiro atoms. The van der Waals surface area contributed by atoms with Crippen LogP contribution in [0.1, 0.15) is 36.9 Å². The first-order valence-corrected chi connectivity index (χ1v) is 9.26. The van der Waals surface area contributed by atoms with Gasteiger partial charge in [-0.25, -0.2) is 0 Å². The molecule has 2 aromatic carbocycles. The maximum absolute atomic E-state index is 12.2. The summed E-state index contributed by atoms with van der Waals surface area (Å²) in [6.45, 7) is 1.96. The van der Waals surface area contributed by atoms with Crippen LogP contribution in [-0.4, -0.2) is 11.8 Å². The predicted octanol–water partition coefficient (Wildman–Crippen LogP) is 4.22. The van der Waals surface area contributed by atoms with Crippen molar-refractivity contribution in [2.45, 2.75) is 32.2 Å². The number of para-hydroxylation sites is 1. The highest BCUT2D eigenvalue weighted by molar-refractivity contribution is 9.10. The van der Waals surface area contributed by atoms with Crippen LogP contribution in [0, 0.1) is 5.92 Å². The lowest BCUT2D eigenvalue weighted by Crippen LogP contribution is -2.32. The van der Waals surface area contributed by atoms with Crippen LogP contribution >= 0.6 is 15.9 Å². The standard InChI is InChI=1S/C20H21BrN2O2/c1-13(14-6-9-17(21)10-7-14)22-19(24)11-8-16-12-15-4-2-3-5-18(15)23-20(16)25/h2-7,9-10,13,16H,8,11-12H2,1H3,(H,22,24)(H,23,25)/t13-,16-/m1/s1. The Kier molecular flexibility index (Phi) is 5.53. The summed E-state index contributed by atoms with van der Waals surface area (Å²) < 4.78 is 1.01. The molecule has 2 aromatic rings.